The second kappa shape index (κ2) is 5.95. The molecule has 1 aromatic heterocycles. The monoisotopic (exact) mass is 291 g/mol. The number of halogens is 1. The summed E-state index contributed by atoms with van der Waals surface area (Å²) in [5.74, 6) is 1.11. The molecule has 106 valence electrons. The maximum Gasteiger partial charge on any atom is 0.122 e. The van der Waals surface area contributed by atoms with E-state index in [4.69, 9.17) is 11.6 Å². The van der Waals surface area contributed by atoms with E-state index in [-0.39, 0.29) is 0 Å². The second-order valence-electron chi connectivity index (χ2n) is 5.17. The molecule has 0 saturated heterocycles. The third-order valence-corrected chi connectivity index (χ3v) is 4.01. The van der Waals surface area contributed by atoms with Gasteiger partial charge in [-0.05, 0) is 24.1 Å². The van der Waals surface area contributed by atoms with E-state index in [2.05, 4.69) is 14.5 Å². The quantitative estimate of drug-likeness (QED) is 0.941. The Bertz CT molecular complexity index is 584. The van der Waals surface area contributed by atoms with Crippen LogP contribution in [0.2, 0.25) is 5.02 Å². The van der Waals surface area contributed by atoms with Crippen molar-refractivity contribution in [3.63, 3.8) is 0 Å². The molecule has 0 amide bonds. The number of benzene rings is 1. The minimum atomic E-state index is -0.463. The van der Waals surface area contributed by atoms with Gasteiger partial charge in [0.25, 0.3) is 0 Å². The molecule has 1 aromatic carbocycles. The third kappa shape index (κ3) is 3.03. The summed E-state index contributed by atoms with van der Waals surface area (Å²) >= 11 is 5.95. The Kier molecular flexibility index (Phi) is 4.05. The van der Waals surface area contributed by atoms with Crippen molar-refractivity contribution in [3.05, 3.63) is 53.1 Å². The van der Waals surface area contributed by atoms with E-state index in [1.807, 2.05) is 36.7 Å². The SMILES string of the molecule is OC(CCN1CCn2ccnc2C1)c1cccc(Cl)c1. The van der Waals surface area contributed by atoms with Crippen molar-refractivity contribution >= 4 is 11.6 Å². The number of hydrogen-bond acceptors (Lipinski definition) is 3. The molecule has 1 unspecified atom stereocenters. The molecular weight excluding hydrogens is 274 g/mol. The van der Waals surface area contributed by atoms with Gasteiger partial charge >= 0.3 is 0 Å². The Hall–Kier alpha value is -1.36. The van der Waals surface area contributed by atoms with Crippen molar-refractivity contribution in [3.8, 4) is 0 Å². The molecule has 3 rings (SSSR count). The van der Waals surface area contributed by atoms with Crippen molar-refractivity contribution in [1.82, 2.24) is 14.5 Å². The molecule has 0 bridgehead atoms. The molecule has 0 radical (unpaired) electrons. The van der Waals surface area contributed by atoms with Gasteiger partial charge in [-0.25, -0.2) is 4.98 Å². The van der Waals surface area contributed by atoms with Crippen LogP contribution >= 0.6 is 11.6 Å². The highest BCUT2D eigenvalue weighted by atomic mass is 35.5. The molecule has 0 saturated carbocycles. The number of rotatable bonds is 4. The number of fused-ring (bicyclic) bond motifs is 1. The second-order valence-corrected chi connectivity index (χ2v) is 5.61. The largest absolute Gasteiger partial charge is 0.388 e. The van der Waals surface area contributed by atoms with E-state index in [1.165, 1.54) is 0 Å². The summed E-state index contributed by atoms with van der Waals surface area (Å²) in [6.45, 7) is 3.70. The van der Waals surface area contributed by atoms with E-state index < -0.39 is 6.10 Å². The molecule has 4 nitrogen and oxygen atoms in total. The topological polar surface area (TPSA) is 41.3 Å². The first-order valence-electron chi connectivity index (χ1n) is 6.88. The standard InChI is InChI=1S/C15H18ClN3O/c16-13-3-1-2-12(10-13)14(20)4-6-18-8-9-19-7-5-17-15(19)11-18/h1-3,5,7,10,14,20H,4,6,8-9,11H2. The minimum Gasteiger partial charge on any atom is -0.388 e. The smallest absolute Gasteiger partial charge is 0.122 e. The van der Waals surface area contributed by atoms with Crippen LogP contribution < -0.4 is 0 Å². The Morgan fingerprint density at radius 3 is 3.10 bits per heavy atom. The van der Waals surface area contributed by atoms with Crippen molar-refractivity contribution in [1.29, 1.82) is 0 Å². The molecule has 2 heterocycles. The van der Waals surface area contributed by atoms with Gasteiger partial charge in [-0.3, -0.25) is 4.90 Å². The summed E-state index contributed by atoms with van der Waals surface area (Å²) in [7, 11) is 0. The van der Waals surface area contributed by atoms with Crippen LogP contribution in [-0.4, -0.2) is 32.6 Å². The predicted octanol–water partition coefficient (Wildman–Crippen LogP) is 2.48. The lowest BCUT2D eigenvalue weighted by atomic mass is 10.1. The first-order valence-corrected chi connectivity index (χ1v) is 7.26. The maximum absolute atomic E-state index is 10.2. The molecule has 5 heteroatoms. The molecule has 1 N–H and O–H groups in total. The van der Waals surface area contributed by atoms with E-state index in [0.29, 0.717) is 11.4 Å². The summed E-state index contributed by atoms with van der Waals surface area (Å²) in [4.78, 5) is 6.67. The highest BCUT2D eigenvalue weighted by Crippen LogP contribution is 2.21. The van der Waals surface area contributed by atoms with E-state index in [9.17, 15) is 5.11 Å². The van der Waals surface area contributed by atoms with Crippen molar-refractivity contribution in [2.24, 2.45) is 0 Å². The van der Waals surface area contributed by atoms with Gasteiger partial charge in [-0.15, -0.1) is 0 Å². The molecule has 0 fully saturated rings. The summed E-state index contributed by atoms with van der Waals surface area (Å²) in [6, 6.07) is 7.44. The molecular formula is C15H18ClN3O. The van der Waals surface area contributed by atoms with Gasteiger partial charge in [0.05, 0.1) is 12.6 Å². The number of aliphatic hydroxyl groups is 1. The van der Waals surface area contributed by atoms with Gasteiger partial charge in [0.2, 0.25) is 0 Å². The maximum atomic E-state index is 10.2. The van der Waals surface area contributed by atoms with E-state index >= 15 is 0 Å². The average Bonchev–Trinajstić information content (AvgIpc) is 2.92. The van der Waals surface area contributed by atoms with Crippen LogP contribution in [0.25, 0.3) is 0 Å². The summed E-state index contributed by atoms with van der Waals surface area (Å²) in [5.41, 5.74) is 0.885. The van der Waals surface area contributed by atoms with Crippen molar-refractivity contribution in [2.75, 3.05) is 13.1 Å². The fourth-order valence-electron chi connectivity index (χ4n) is 2.60. The Labute approximate surface area is 123 Å². The Balaban J connectivity index is 1.55. The fraction of sp³-hybridized carbons (Fsp3) is 0.400. The lowest BCUT2D eigenvalue weighted by Crippen LogP contribution is -2.34. The number of aromatic nitrogens is 2. The van der Waals surface area contributed by atoms with Crippen LogP contribution in [0.5, 0.6) is 0 Å². The Morgan fingerprint density at radius 2 is 2.25 bits per heavy atom. The average molecular weight is 292 g/mol. The highest BCUT2D eigenvalue weighted by Gasteiger charge is 2.17. The number of aliphatic hydroxyl groups excluding tert-OH is 1. The molecule has 1 atom stereocenters. The van der Waals surface area contributed by atoms with Gasteiger partial charge in [0.15, 0.2) is 0 Å². The van der Waals surface area contributed by atoms with Crippen LogP contribution in [-0.2, 0) is 13.1 Å². The van der Waals surface area contributed by atoms with Gasteiger partial charge in [-0.2, -0.15) is 0 Å². The zero-order valence-corrected chi connectivity index (χ0v) is 12.0. The van der Waals surface area contributed by atoms with E-state index in [1.54, 1.807) is 0 Å². The van der Waals surface area contributed by atoms with Crippen molar-refractivity contribution in [2.45, 2.75) is 25.6 Å². The normalized spacial score (nSPS) is 16.9. The zero-order valence-electron chi connectivity index (χ0n) is 11.2. The Morgan fingerprint density at radius 1 is 1.35 bits per heavy atom. The van der Waals surface area contributed by atoms with Crippen molar-refractivity contribution < 1.29 is 5.11 Å². The number of hydrogen-bond donors (Lipinski definition) is 1. The molecule has 20 heavy (non-hydrogen) atoms. The molecule has 0 aliphatic carbocycles. The van der Waals surface area contributed by atoms with Gasteiger partial charge < -0.3 is 9.67 Å². The molecule has 1 aliphatic heterocycles. The molecule has 0 spiro atoms. The zero-order chi connectivity index (χ0) is 13.9. The highest BCUT2D eigenvalue weighted by molar-refractivity contribution is 6.30. The van der Waals surface area contributed by atoms with Gasteiger partial charge in [-0.1, -0.05) is 23.7 Å². The summed E-state index contributed by atoms with van der Waals surface area (Å²) < 4.78 is 2.18. The minimum absolute atomic E-state index is 0.463. The van der Waals surface area contributed by atoms with Gasteiger partial charge in [0, 0.05) is 37.1 Å². The predicted molar refractivity (Wildman–Crippen MR) is 78.5 cm³/mol. The molecule has 2 aromatic rings. The van der Waals surface area contributed by atoms with E-state index in [0.717, 1.165) is 37.6 Å². The van der Waals surface area contributed by atoms with Crippen LogP contribution in [0.3, 0.4) is 0 Å². The van der Waals surface area contributed by atoms with Crippen LogP contribution in [0.1, 0.15) is 23.9 Å². The van der Waals surface area contributed by atoms with Crippen LogP contribution in [0.4, 0.5) is 0 Å². The summed E-state index contributed by atoms with van der Waals surface area (Å²) in [5, 5.41) is 10.9. The first-order chi connectivity index (χ1) is 9.72. The van der Waals surface area contributed by atoms with Crippen LogP contribution in [0.15, 0.2) is 36.7 Å². The van der Waals surface area contributed by atoms with Gasteiger partial charge in [0.1, 0.15) is 5.82 Å². The third-order valence-electron chi connectivity index (χ3n) is 3.78. The fourth-order valence-corrected chi connectivity index (χ4v) is 2.80. The lowest BCUT2D eigenvalue weighted by molar-refractivity contribution is 0.130. The summed E-state index contributed by atoms with van der Waals surface area (Å²) in [6.07, 6.45) is 4.11. The first kappa shape index (κ1) is 13.6. The van der Waals surface area contributed by atoms with Crippen LogP contribution in [0, 0.1) is 0 Å². The lowest BCUT2D eigenvalue weighted by Gasteiger charge is -2.28. The number of nitrogens with zero attached hydrogens (tertiary/aromatic N) is 3. The molecule has 1 aliphatic rings. The number of imidazole rings is 1.